The molecule has 2 aromatic carbocycles. The molecular formula is C20H16Cl2N2O5. The van der Waals surface area contributed by atoms with Crippen LogP contribution in [-0.4, -0.2) is 24.4 Å². The van der Waals surface area contributed by atoms with Crippen molar-refractivity contribution < 1.29 is 23.9 Å². The Hall–Kier alpha value is -3.03. The zero-order valence-electron chi connectivity index (χ0n) is 15.5. The van der Waals surface area contributed by atoms with Crippen molar-refractivity contribution in [3.8, 4) is 11.5 Å². The fourth-order valence-corrected chi connectivity index (χ4v) is 2.94. The molecule has 1 heterocycles. The van der Waals surface area contributed by atoms with Gasteiger partial charge in [-0.25, -0.2) is 5.01 Å². The number of nitrogens with one attached hydrogen (secondary N) is 1. The van der Waals surface area contributed by atoms with E-state index in [2.05, 4.69) is 5.43 Å². The number of ether oxygens (including phenoxy) is 2. The molecular weight excluding hydrogens is 419 g/mol. The maximum Gasteiger partial charge on any atom is 0.308 e. The quantitative estimate of drug-likeness (QED) is 0.335. The Morgan fingerprint density at radius 1 is 1.10 bits per heavy atom. The fraction of sp³-hybridized carbons (Fsp3) is 0.150. The zero-order chi connectivity index (χ0) is 21.1. The highest BCUT2D eigenvalue weighted by molar-refractivity contribution is 6.42. The molecule has 1 N–H and O–H groups in total. The van der Waals surface area contributed by atoms with Gasteiger partial charge in [0.15, 0.2) is 11.5 Å². The predicted molar refractivity (Wildman–Crippen MR) is 109 cm³/mol. The summed E-state index contributed by atoms with van der Waals surface area (Å²) in [4.78, 5) is 36.3. The SMILES string of the molecule is CCOc1cc(/C=C2\C(=O)NN(c3ccc(Cl)c(Cl)c3)C2=O)ccc1OC(C)=O. The molecule has 150 valence electrons. The summed E-state index contributed by atoms with van der Waals surface area (Å²) < 4.78 is 10.6. The Bertz CT molecular complexity index is 1040. The van der Waals surface area contributed by atoms with Gasteiger partial charge in [0.2, 0.25) is 0 Å². The van der Waals surface area contributed by atoms with Crippen LogP contribution in [0.15, 0.2) is 42.0 Å². The van der Waals surface area contributed by atoms with E-state index < -0.39 is 17.8 Å². The zero-order valence-corrected chi connectivity index (χ0v) is 17.0. The molecule has 2 amide bonds. The summed E-state index contributed by atoms with van der Waals surface area (Å²) in [5.74, 6) is -1.02. The van der Waals surface area contributed by atoms with Gasteiger partial charge in [-0.2, -0.15) is 0 Å². The van der Waals surface area contributed by atoms with Crippen LogP contribution in [0.2, 0.25) is 10.0 Å². The maximum absolute atomic E-state index is 12.7. The van der Waals surface area contributed by atoms with Crippen molar-refractivity contribution in [1.29, 1.82) is 0 Å². The van der Waals surface area contributed by atoms with Crippen molar-refractivity contribution in [2.45, 2.75) is 13.8 Å². The maximum atomic E-state index is 12.7. The van der Waals surface area contributed by atoms with Gasteiger partial charge in [-0.05, 0) is 48.9 Å². The second-order valence-corrected chi connectivity index (χ2v) is 6.79. The van der Waals surface area contributed by atoms with E-state index in [-0.39, 0.29) is 16.3 Å². The van der Waals surface area contributed by atoms with Crippen LogP contribution in [0.3, 0.4) is 0 Å². The summed E-state index contributed by atoms with van der Waals surface area (Å²) in [7, 11) is 0. The van der Waals surface area contributed by atoms with Gasteiger partial charge in [-0.1, -0.05) is 29.3 Å². The number of hydrogen-bond acceptors (Lipinski definition) is 5. The van der Waals surface area contributed by atoms with Crippen LogP contribution in [0.5, 0.6) is 11.5 Å². The van der Waals surface area contributed by atoms with Crippen LogP contribution in [0, 0.1) is 0 Å². The molecule has 7 nitrogen and oxygen atoms in total. The Morgan fingerprint density at radius 2 is 1.86 bits per heavy atom. The highest BCUT2D eigenvalue weighted by Crippen LogP contribution is 2.31. The summed E-state index contributed by atoms with van der Waals surface area (Å²) in [6.07, 6.45) is 1.43. The van der Waals surface area contributed by atoms with Gasteiger partial charge in [0.05, 0.1) is 22.3 Å². The lowest BCUT2D eigenvalue weighted by molar-refractivity contribution is -0.132. The Balaban J connectivity index is 1.92. The third-order valence-corrected chi connectivity index (χ3v) is 4.62. The summed E-state index contributed by atoms with van der Waals surface area (Å²) >= 11 is 11.9. The molecule has 0 aromatic heterocycles. The number of anilines is 1. The minimum Gasteiger partial charge on any atom is -0.490 e. The predicted octanol–water partition coefficient (Wildman–Crippen LogP) is 3.78. The average molecular weight is 435 g/mol. The van der Waals surface area contributed by atoms with Crippen molar-refractivity contribution in [3.63, 3.8) is 0 Å². The van der Waals surface area contributed by atoms with Gasteiger partial charge in [-0.3, -0.25) is 19.8 Å². The van der Waals surface area contributed by atoms with Crippen LogP contribution in [-0.2, 0) is 14.4 Å². The monoisotopic (exact) mass is 434 g/mol. The molecule has 0 unspecified atom stereocenters. The van der Waals surface area contributed by atoms with Crippen molar-refractivity contribution in [2.24, 2.45) is 0 Å². The molecule has 2 aromatic rings. The number of hydrazine groups is 1. The van der Waals surface area contributed by atoms with E-state index in [1.165, 1.54) is 31.2 Å². The molecule has 0 aliphatic carbocycles. The first-order valence-electron chi connectivity index (χ1n) is 8.57. The minimum absolute atomic E-state index is 0.0706. The van der Waals surface area contributed by atoms with E-state index in [0.717, 1.165) is 5.01 Å². The van der Waals surface area contributed by atoms with Gasteiger partial charge in [-0.15, -0.1) is 0 Å². The highest BCUT2D eigenvalue weighted by Gasteiger charge is 2.34. The van der Waals surface area contributed by atoms with Gasteiger partial charge in [0.1, 0.15) is 5.57 Å². The third-order valence-electron chi connectivity index (χ3n) is 3.89. The first-order valence-corrected chi connectivity index (χ1v) is 9.33. The number of rotatable bonds is 5. The number of benzene rings is 2. The van der Waals surface area contributed by atoms with Crippen LogP contribution >= 0.6 is 23.2 Å². The van der Waals surface area contributed by atoms with E-state index in [4.69, 9.17) is 32.7 Å². The number of carbonyl (C=O) groups excluding carboxylic acids is 3. The Labute approximate surface area is 176 Å². The lowest BCUT2D eigenvalue weighted by Crippen LogP contribution is -2.35. The van der Waals surface area contributed by atoms with Gasteiger partial charge in [0.25, 0.3) is 11.8 Å². The molecule has 0 radical (unpaired) electrons. The highest BCUT2D eigenvalue weighted by atomic mass is 35.5. The number of amides is 2. The van der Waals surface area contributed by atoms with Gasteiger partial charge in [0, 0.05) is 6.92 Å². The Kier molecular flexibility index (Phi) is 6.10. The summed E-state index contributed by atoms with van der Waals surface area (Å²) in [6.45, 7) is 3.41. The smallest absolute Gasteiger partial charge is 0.308 e. The summed E-state index contributed by atoms with van der Waals surface area (Å²) in [5, 5.41) is 1.68. The molecule has 0 spiro atoms. The van der Waals surface area contributed by atoms with Crippen molar-refractivity contribution in [1.82, 2.24) is 5.43 Å². The van der Waals surface area contributed by atoms with Gasteiger partial charge >= 0.3 is 5.97 Å². The number of esters is 1. The molecule has 1 aliphatic rings. The molecule has 1 saturated heterocycles. The summed E-state index contributed by atoms with van der Waals surface area (Å²) in [6, 6.07) is 9.30. The lowest BCUT2D eigenvalue weighted by Gasteiger charge is -2.15. The third kappa shape index (κ3) is 4.52. The number of carbonyl (C=O) groups is 3. The standard InChI is InChI=1S/C20H16Cl2N2O5/c1-3-28-18-9-12(4-7-17(18)29-11(2)25)8-14-19(26)23-24(20(14)27)13-5-6-15(21)16(22)10-13/h4-10H,3H2,1-2H3,(H,23,26)/b14-8+. The number of nitrogens with zero attached hydrogens (tertiary/aromatic N) is 1. The van der Waals surface area contributed by atoms with Crippen LogP contribution in [0.25, 0.3) is 6.08 Å². The van der Waals surface area contributed by atoms with E-state index in [1.54, 1.807) is 25.1 Å². The van der Waals surface area contributed by atoms with Crippen molar-refractivity contribution in [2.75, 3.05) is 11.6 Å². The van der Waals surface area contributed by atoms with Crippen LogP contribution in [0.4, 0.5) is 5.69 Å². The molecule has 3 rings (SSSR count). The molecule has 0 saturated carbocycles. The van der Waals surface area contributed by atoms with Crippen LogP contribution in [0.1, 0.15) is 19.4 Å². The number of halogens is 2. The largest absolute Gasteiger partial charge is 0.490 e. The first kappa shape index (κ1) is 20.7. The summed E-state index contributed by atoms with van der Waals surface area (Å²) in [5.41, 5.74) is 3.32. The Morgan fingerprint density at radius 3 is 2.52 bits per heavy atom. The van der Waals surface area contributed by atoms with E-state index in [0.29, 0.717) is 28.6 Å². The molecule has 0 bridgehead atoms. The molecule has 9 heteroatoms. The topological polar surface area (TPSA) is 84.9 Å². The fourth-order valence-electron chi connectivity index (χ4n) is 2.65. The molecule has 0 atom stereocenters. The number of hydrogen-bond donors (Lipinski definition) is 1. The molecule has 29 heavy (non-hydrogen) atoms. The van der Waals surface area contributed by atoms with E-state index >= 15 is 0 Å². The first-order chi connectivity index (χ1) is 13.8. The van der Waals surface area contributed by atoms with E-state index in [1.807, 2.05) is 0 Å². The van der Waals surface area contributed by atoms with Crippen molar-refractivity contribution >= 4 is 52.7 Å². The normalized spacial score (nSPS) is 14.9. The minimum atomic E-state index is -0.567. The van der Waals surface area contributed by atoms with Crippen LogP contribution < -0.4 is 19.9 Å². The second-order valence-electron chi connectivity index (χ2n) is 5.97. The lowest BCUT2D eigenvalue weighted by atomic mass is 10.1. The van der Waals surface area contributed by atoms with E-state index in [9.17, 15) is 14.4 Å². The second kappa shape index (κ2) is 8.55. The molecule has 1 fully saturated rings. The molecule has 1 aliphatic heterocycles. The average Bonchev–Trinajstić information content (AvgIpc) is 2.94. The van der Waals surface area contributed by atoms with Crippen molar-refractivity contribution in [3.05, 3.63) is 57.6 Å². The van der Waals surface area contributed by atoms with Gasteiger partial charge < -0.3 is 9.47 Å².